The summed E-state index contributed by atoms with van der Waals surface area (Å²) in [6.07, 6.45) is 12.9. The molecule has 0 spiro atoms. The molecule has 0 saturated heterocycles. The van der Waals surface area contributed by atoms with Gasteiger partial charge in [0.15, 0.2) is 0 Å². The van der Waals surface area contributed by atoms with Gasteiger partial charge in [0.1, 0.15) is 0 Å². The quantitative estimate of drug-likeness (QED) is 0.293. The third-order valence-electron chi connectivity index (χ3n) is 2.45. The molecular weight excluding hydrogens is 184 g/mol. The minimum Gasteiger partial charge on any atom is -0.0888 e. The second-order valence-electron chi connectivity index (χ2n) is 5.42. The smallest absolute Gasteiger partial charge is 0.0445 e. The predicted molar refractivity (Wildman–Crippen MR) is 70.7 cm³/mol. The molecule has 0 saturated carbocycles. The van der Waals surface area contributed by atoms with Crippen LogP contribution in [0.4, 0.5) is 0 Å². The summed E-state index contributed by atoms with van der Waals surface area (Å²) in [6, 6.07) is 1.44. The van der Waals surface area contributed by atoms with Crippen molar-refractivity contribution in [2.24, 2.45) is 0 Å². The van der Waals surface area contributed by atoms with Crippen molar-refractivity contribution >= 4 is 8.07 Å². The van der Waals surface area contributed by atoms with Crippen LogP contribution in [0.15, 0.2) is 12.2 Å². The lowest BCUT2D eigenvalue weighted by Gasteiger charge is -2.13. The van der Waals surface area contributed by atoms with Gasteiger partial charge in [0.2, 0.25) is 0 Å². The van der Waals surface area contributed by atoms with Crippen LogP contribution < -0.4 is 0 Å². The van der Waals surface area contributed by atoms with E-state index >= 15 is 0 Å². The van der Waals surface area contributed by atoms with Crippen molar-refractivity contribution in [1.29, 1.82) is 0 Å². The summed E-state index contributed by atoms with van der Waals surface area (Å²) in [5, 5.41) is 0. The van der Waals surface area contributed by atoms with E-state index in [1.165, 1.54) is 44.6 Å². The summed E-state index contributed by atoms with van der Waals surface area (Å²) >= 11 is 0. The van der Waals surface area contributed by atoms with E-state index in [4.69, 9.17) is 0 Å². The zero-order valence-electron chi connectivity index (χ0n) is 10.6. The molecule has 0 unspecified atom stereocenters. The molecule has 0 aromatic heterocycles. The maximum Gasteiger partial charge on any atom is 0.0445 e. The van der Waals surface area contributed by atoms with E-state index in [-0.39, 0.29) is 0 Å². The molecule has 0 aromatic rings. The second kappa shape index (κ2) is 8.28. The molecule has 0 nitrogen and oxygen atoms in total. The van der Waals surface area contributed by atoms with Gasteiger partial charge in [-0.05, 0) is 19.3 Å². The maximum absolute atomic E-state index is 2.45. The van der Waals surface area contributed by atoms with Crippen LogP contribution in [0.1, 0.15) is 45.4 Å². The van der Waals surface area contributed by atoms with Gasteiger partial charge < -0.3 is 0 Å². The molecule has 0 atom stereocenters. The topological polar surface area (TPSA) is 0 Å². The zero-order valence-corrected chi connectivity index (χ0v) is 11.6. The summed E-state index contributed by atoms with van der Waals surface area (Å²) in [5.41, 5.74) is 0. The first-order chi connectivity index (χ1) is 6.56. The molecule has 0 fully saturated rings. The van der Waals surface area contributed by atoms with Gasteiger partial charge in [0.25, 0.3) is 0 Å². The molecule has 0 bridgehead atoms. The Bertz CT molecular complexity index is 142. The summed E-state index contributed by atoms with van der Waals surface area (Å²) in [5.74, 6) is 0. The maximum atomic E-state index is 2.45. The van der Waals surface area contributed by atoms with Crippen LogP contribution in [0.2, 0.25) is 25.7 Å². The van der Waals surface area contributed by atoms with Crippen LogP contribution in [-0.2, 0) is 0 Å². The Hall–Kier alpha value is -0.0431. The number of hydrogen-bond donors (Lipinski definition) is 0. The van der Waals surface area contributed by atoms with Crippen LogP contribution in [-0.4, -0.2) is 8.07 Å². The van der Waals surface area contributed by atoms with Crippen molar-refractivity contribution in [3.05, 3.63) is 12.2 Å². The van der Waals surface area contributed by atoms with Crippen LogP contribution in [0.3, 0.4) is 0 Å². The SMILES string of the molecule is CCCCCC/C=C\CC[Si](C)(C)C. The molecular formula is C13H28Si. The Balaban J connectivity index is 3.20. The van der Waals surface area contributed by atoms with E-state index in [2.05, 4.69) is 38.7 Å². The molecule has 84 valence electrons. The van der Waals surface area contributed by atoms with E-state index in [0.717, 1.165) is 0 Å². The van der Waals surface area contributed by atoms with E-state index in [0.29, 0.717) is 0 Å². The van der Waals surface area contributed by atoms with Crippen LogP contribution in [0, 0.1) is 0 Å². The van der Waals surface area contributed by atoms with E-state index in [9.17, 15) is 0 Å². The summed E-state index contributed by atoms with van der Waals surface area (Å²) < 4.78 is 0. The lowest BCUT2D eigenvalue weighted by molar-refractivity contribution is 0.674. The monoisotopic (exact) mass is 212 g/mol. The van der Waals surface area contributed by atoms with E-state index in [1.54, 1.807) is 0 Å². The van der Waals surface area contributed by atoms with Gasteiger partial charge in [-0.15, -0.1) is 0 Å². The molecule has 14 heavy (non-hydrogen) atoms. The average molecular weight is 212 g/mol. The zero-order chi connectivity index (χ0) is 10.9. The van der Waals surface area contributed by atoms with Crippen molar-refractivity contribution in [2.75, 3.05) is 0 Å². The molecule has 0 aliphatic rings. The third-order valence-corrected chi connectivity index (χ3v) is 4.24. The molecule has 0 aliphatic heterocycles. The first kappa shape index (κ1) is 14.0. The number of hydrogen-bond acceptors (Lipinski definition) is 0. The van der Waals surface area contributed by atoms with Gasteiger partial charge in [-0.2, -0.15) is 0 Å². The van der Waals surface area contributed by atoms with E-state index in [1.807, 2.05) is 0 Å². The highest BCUT2D eigenvalue weighted by Crippen LogP contribution is 2.11. The van der Waals surface area contributed by atoms with Crippen LogP contribution in [0.25, 0.3) is 0 Å². The molecule has 0 aliphatic carbocycles. The normalized spacial score (nSPS) is 12.6. The summed E-state index contributed by atoms with van der Waals surface area (Å²) in [6.45, 7) is 9.61. The molecule has 1 heteroatoms. The number of rotatable bonds is 8. The van der Waals surface area contributed by atoms with Gasteiger partial charge >= 0.3 is 0 Å². The Kier molecular flexibility index (Phi) is 8.25. The third kappa shape index (κ3) is 12.0. The average Bonchev–Trinajstić information content (AvgIpc) is 2.08. The highest BCUT2D eigenvalue weighted by atomic mass is 28.3. The highest BCUT2D eigenvalue weighted by Gasteiger charge is 2.10. The first-order valence-electron chi connectivity index (χ1n) is 6.21. The van der Waals surface area contributed by atoms with Gasteiger partial charge in [-0.1, -0.05) is 64.0 Å². The Labute approximate surface area is 91.8 Å². The Morgan fingerprint density at radius 2 is 1.50 bits per heavy atom. The molecule has 0 radical (unpaired) electrons. The van der Waals surface area contributed by atoms with Crippen molar-refractivity contribution in [2.45, 2.75) is 71.1 Å². The fourth-order valence-corrected chi connectivity index (χ4v) is 2.47. The van der Waals surface area contributed by atoms with Crippen molar-refractivity contribution < 1.29 is 0 Å². The largest absolute Gasteiger partial charge is 0.0888 e. The van der Waals surface area contributed by atoms with Crippen LogP contribution in [0.5, 0.6) is 0 Å². The molecule has 0 amide bonds. The van der Waals surface area contributed by atoms with Crippen molar-refractivity contribution in [3.8, 4) is 0 Å². The summed E-state index contributed by atoms with van der Waals surface area (Å²) in [4.78, 5) is 0. The standard InChI is InChI=1S/C13H28Si/c1-5-6-7-8-9-10-11-12-13-14(2,3)4/h10-11H,5-9,12-13H2,1-4H3/b11-10-. The number of unbranched alkanes of at least 4 members (excludes halogenated alkanes) is 4. The predicted octanol–water partition coefficient (Wildman–Crippen LogP) is 5.24. The van der Waals surface area contributed by atoms with Gasteiger partial charge in [0, 0.05) is 8.07 Å². The van der Waals surface area contributed by atoms with Gasteiger partial charge in [-0.25, -0.2) is 0 Å². The second-order valence-corrected chi connectivity index (χ2v) is 11.0. The molecule has 0 rings (SSSR count). The first-order valence-corrected chi connectivity index (χ1v) is 9.92. The lowest BCUT2D eigenvalue weighted by Crippen LogP contribution is -2.18. The fraction of sp³-hybridized carbons (Fsp3) is 0.846. The van der Waals surface area contributed by atoms with Gasteiger partial charge in [0.05, 0.1) is 0 Å². The van der Waals surface area contributed by atoms with Crippen LogP contribution >= 0.6 is 0 Å². The molecule has 0 N–H and O–H groups in total. The Morgan fingerprint density at radius 3 is 2.07 bits per heavy atom. The Morgan fingerprint density at radius 1 is 0.857 bits per heavy atom. The number of allylic oxidation sites excluding steroid dienone is 2. The van der Waals surface area contributed by atoms with Gasteiger partial charge in [-0.3, -0.25) is 0 Å². The lowest BCUT2D eigenvalue weighted by atomic mass is 10.1. The molecule has 0 heterocycles. The fourth-order valence-electron chi connectivity index (χ4n) is 1.44. The highest BCUT2D eigenvalue weighted by molar-refractivity contribution is 6.76. The van der Waals surface area contributed by atoms with Crippen molar-refractivity contribution in [1.82, 2.24) is 0 Å². The van der Waals surface area contributed by atoms with E-state index < -0.39 is 8.07 Å². The minimum atomic E-state index is -0.790. The summed E-state index contributed by atoms with van der Waals surface area (Å²) in [7, 11) is -0.790. The molecule has 0 aromatic carbocycles. The van der Waals surface area contributed by atoms with Crippen molar-refractivity contribution in [3.63, 3.8) is 0 Å². The minimum absolute atomic E-state index is 0.790.